The Labute approximate surface area is 140 Å². The number of amides is 2. The molecule has 2 aromatic carbocycles. The Bertz CT molecular complexity index is 797. The molecular formula is C19H19N3O2. The van der Waals surface area contributed by atoms with Gasteiger partial charge in [0.1, 0.15) is 6.17 Å². The van der Waals surface area contributed by atoms with Gasteiger partial charge in [0.25, 0.3) is 5.91 Å². The van der Waals surface area contributed by atoms with Crippen molar-refractivity contribution in [2.45, 2.75) is 32.0 Å². The third-order valence-electron chi connectivity index (χ3n) is 4.45. The molecule has 1 saturated carbocycles. The van der Waals surface area contributed by atoms with E-state index in [1.54, 1.807) is 0 Å². The average molecular weight is 321 g/mol. The summed E-state index contributed by atoms with van der Waals surface area (Å²) in [5, 5.41) is 6.26. The first kappa shape index (κ1) is 14.8. The zero-order chi connectivity index (χ0) is 16.7. The third-order valence-corrected chi connectivity index (χ3v) is 4.45. The molecule has 1 atom stereocenters. The highest BCUT2D eigenvalue weighted by Gasteiger charge is 2.41. The van der Waals surface area contributed by atoms with Crippen molar-refractivity contribution in [3.05, 3.63) is 59.7 Å². The highest BCUT2D eigenvalue weighted by molar-refractivity contribution is 6.02. The number of rotatable bonds is 3. The van der Waals surface area contributed by atoms with Crippen LogP contribution in [0.2, 0.25) is 0 Å². The molecule has 0 spiro atoms. The van der Waals surface area contributed by atoms with Gasteiger partial charge in [-0.1, -0.05) is 24.3 Å². The molecule has 0 saturated heterocycles. The van der Waals surface area contributed by atoms with Crippen LogP contribution in [0.1, 0.15) is 41.9 Å². The fourth-order valence-corrected chi connectivity index (χ4v) is 3.19. The Morgan fingerprint density at radius 2 is 1.83 bits per heavy atom. The Hall–Kier alpha value is -2.82. The van der Waals surface area contributed by atoms with E-state index < -0.39 is 0 Å². The second-order valence-electron chi connectivity index (χ2n) is 6.34. The van der Waals surface area contributed by atoms with Crippen LogP contribution >= 0.6 is 0 Å². The summed E-state index contributed by atoms with van der Waals surface area (Å²) in [6.45, 7) is 1.49. The minimum Gasteiger partial charge on any atom is -0.361 e. The van der Waals surface area contributed by atoms with Gasteiger partial charge in [-0.3, -0.25) is 9.59 Å². The van der Waals surface area contributed by atoms with E-state index in [1.807, 2.05) is 53.4 Å². The summed E-state index contributed by atoms with van der Waals surface area (Å²) in [4.78, 5) is 26.0. The fraction of sp³-hybridized carbons (Fsp3) is 0.263. The van der Waals surface area contributed by atoms with Gasteiger partial charge in [0.15, 0.2) is 0 Å². The summed E-state index contributed by atoms with van der Waals surface area (Å²) >= 11 is 0. The SMILES string of the molecule is CC(=O)Nc1ccc([C@H]2Nc3ccccc3C(=O)N2C2CC2)cc1. The maximum Gasteiger partial charge on any atom is 0.258 e. The van der Waals surface area contributed by atoms with Crippen LogP contribution in [0.5, 0.6) is 0 Å². The summed E-state index contributed by atoms with van der Waals surface area (Å²) in [5.74, 6) is -0.00922. The molecule has 2 N–H and O–H groups in total. The number of anilines is 2. The summed E-state index contributed by atoms with van der Waals surface area (Å²) in [5.41, 5.74) is 3.37. The molecule has 24 heavy (non-hydrogen) atoms. The molecule has 0 radical (unpaired) electrons. The topological polar surface area (TPSA) is 61.4 Å². The molecule has 0 unspecified atom stereocenters. The molecule has 122 valence electrons. The summed E-state index contributed by atoms with van der Waals surface area (Å²) < 4.78 is 0. The molecule has 2 amide bonds. The van der Waals surface area contributed by atoms with Crippen molar-refractivity contribution in [3.63, 3.8) is 0 Å². The first-order chi connectivity index (χ1) is 11.6. The van der Waals surface area contributed by atoms with Crippen molar-refractivity contribution in [1.82, 2.24) is 4.90 Å². The van der Waals surface area contributed by atoms with E-state index >= 15 is 0 Å². The largest absolute Gasteiger partial charge is 0.361 e. The van der Waals surface area contributed by atoms with Crippen LogP contribution in [-0.4, -0.2) is 22.8 Å². The minimum absolute atomic E-state index is 0.0859. The fourth-order valence-electron chi connectivity index (χ4n) is 3.19. The van der Waals surface area contributed by atoms with Gasteiger partial charge < -0.3 is 15.5 Å². The number of nitrogens with zero attached hydrogens (tertiary/aromatic N) is 1. The van der Waals surface area contributed by atoms with Crippen LogP contribution < -0.4 is 10.6 Å². The summed E-state index contributed by atoms with van der Waals surface area (Å²) in [6.07, 6.45) is 1.93. The van der Waals surface area contributed by atoms with Crippen LogP contribution in [0, 0.1) is 0 Å². The molecule has 2 aromatic rings. The number of carbonyl (C=O) groups excluding carboxylic acids is 2. The van der Waals surface area contributed by atoms with Gasteiger partial charge in [-0.15, -0.1) is 0 Å². The first-order valence-corrected chi connectivity index (χ1v) is 8.19. The summed E-state index contributed by atoms with van der Waals surface area (Å²) in [7, 11) is 0. The van der Waals surface area contributed by atoms with E-state index in [9.17, 15) is 9.59 Å². The number of nitrogens with one attached hydrogen (secondary N) is 2. The predicted octanol–water partition coefficient (Wildman–Crippen LogP) is 3.37. The maximum atomic E-state index is 12.9. The molecule has 0 aromatic heterocycles. The second-order valence-corrected chi connectivity index (χ2v) is 6.34. The highest BCUT2D eigenvalue weighted by Crippen LogP contribution is 2.40. The molecule has 5 nitrogen and oxygen atoms in total. The molecule has 5 heteroatoms. The highest BCUT2D eigenvalue weighted by atomic mass is 16.2. The lowest BCUT2D eigenvalue weighted by Gasteiger charge is -2.38. The minimum atomic E-state index is -0.175. The molecule has 1 heterocycles. The first-order valence-electron chi connectivity index (χ1n) is 8.19. The number of benzene rings is 2. The predicted molar refractivity (Wildman–Crippen MR) is 92.7 cm³/mol. The molecule has 0 bridgehead atoms. The number of fused-ring (bicyclic) bond motifs is 1. The Morgan fingerprint density at radius 3 is 2.50 bits per heavy atom. The van der Waals surface area contributed by atoms with Crippen LogP contribution in [0.25, 0.3) is 0 Å². The Kier molecular flexibility index (Phi) is 3.49. The van der Waals surface area contributed by atoms with Gasteiger partial charge in [0.2, 0.25) is 5.91 Å². The average Bonchev–Trinajstić information content (AvgIpc) is 3.40. The van der Waals surface area contributed by atoms with Crippen molar-refractivity contribution in [2.75, 3.05) is 10.6 Å². The maximum absolute atomic E-state index is 12.9. The zero-order valence-corrected chi connectivity index (χ0v) is 13.5. The zero-order valence-electron chi connectivity index (χ0n) is 13.5. The smallest absolute Gasteiger partial charge is 0.258 e. The normalized spacial score (nSPS) is 19.5. The van der Waals surface area contributed by atoms with E-state index in [4.69, 9.17) is 0 Å². The molecule has 2 aliphatic rings. The van der Waals surface area contributed by atoms with Crippen molar-refractivity contribution in [1.29, 1.82) is 0 Å². The van der Waals surface area contributed by atoms with Crippen molar-refractivity contribution in [2.24, 2.45) is 0 Å². The van der Waals surface area contributed by atoms with E-state index in [2.05, 4.69) is 10.6 Å². The van der Waals surface area contributed by atoms with Gasteiger partial charge in [-0.2, -0.15) is 0 Å². The van der Waals surface area contributed by atoms with Crippen LogP contribution in [0.4, 0.5) is 11.4 Å². The van der Waals surface area contributed by atoms with Gasteiger partial charge >= 0.3 is 0 Å². The molecule has 4 rings (SSSR count). The van der Waals surface area contributed by atoms with Gasteiger partial charge in [0, 0.05) is 24.3 Å². The van der Waals surface area contributed by atoms with Gasteiger partial charge in [-0.25, -0.2) is 0 Å². The quantitative estimate of drug-likeness (QED) is 0.911. The van der Waals surface area contributed by atoms with E-state index in [0.717, 1.165) is 35.3 Å². The third kappa shape index (κ3) is 2.62. The lowest BCUT2D eigenvalue weighted by Crippen LogP contribution is -2.44. The van der Waals surface area contributed by atoms with Crippen molar-refractivity contribution in [3.8, 4) is 0 Å². The van der Waals surface area contributed by atoms with E-state index in [0.29, 0.717) is 6.04 Å². The molecule has 1 fully saturated rings. The number of hydrogen-bond donors (Lipinski definition) is 2. The Balaban J connectivity index is 1.68. The number of para-hydroxylation sites is 1. The van der Waals surface area contributed by atoms with E-state index in [-0.39, 0.29) is 18.0 Å². The van der Waals surface area contributed by atoms with Crippen molar-refractivity contribution >= 4 is 23.2 Å². The summed E-state index contributed by atoms with van der Waals surface area (Å²) in [6, 6.07) is 15.6. The molecule has 1 aliphatic carbocycles. The number of carbonyl (C=O) groups is 2. The van der Waals surface area contributed by atoms with E-state index in [1.165, 1.54) is 6.92 Å². The monoisotopic (exact) mass is 321 g/mol. The van der Waals surface area contributed by atoms with Crippen LogP contribution in [-0.2, 0) is 4.79 Å². The standard InChI is InChI=1S/C19H19N3O2/c1-12(23)20-14-8-6-13(7-9-14)18-21-17-5-3-2-4-16(17)19(24)22(18)15-10-11-15/h2-9,15,18,21H,10-11H2,1H3,(H,20,23)/t18-/m0/s1. The van der Waals surface area contributed by atoms with Gasteiger partial charge in [0.05, 0.1) is 5.56 Å². The molecule has 1 aliphatic heterocycles. The lowest BCUT2D eigenvalue weighted by atomic mass is 10.0. The number of hydrogen-bond acceptors (Lipinski definition) is 3. The van der Waals surface area contributed by atoms with Crippen molar-refractivity contribution < 1.29 is 9.59 Å². The Morgan fingerprint density at radius 1 is 1.12 bits per heavy atom. The van der Waals surface area contributed by atoms with Crippen LogP contribution in [0.3, 0.4) is 0 Å². The second kappa shape index (κ2) is 5.67. The van der Waals surface area contributed by atoms with Crippen LogP contribution in [0.15, 0.2) is 48.5 Å². The lowest BCUT2D eigenvalue weighted by molar-refractivity contribution is -0.114. The molecular weight excluding hydrogens is 302 g/mol. The van der Waals surface area contributed by atoms with Gasteiger partial charge in [-0.05, 0) is 42.7 Å².